The van der Waals surface area contributed by atoms with Crippen molar-refractivity contribution in [2.75, 3.05) is 23.4 Å². The number of para-hydroxylation sites is 2. The van der Waals surface area contributed by atoms with E-state index in [-0.39, 0.29) is 5.91 Å². The third kappa shape index (κ3) is 2.66. The predicted molar refractivity (Wildman–Crippen MR) is 95.2 cm³/mol. The fourth-order valence-corrected chi connectivity index (χ4v) is 3.63. The third-order valence-corrected chi connectivity index (χ3v) is 4.97. The zero-order valence-corrected chi connectivity index (χ0v) is 14.6. The van der Waals surface area contributed by atoms with Crippen LogP contribution in [0, 0.1) is 0 Å². The highest BCUT2D eigenvalue weighted by atomic mass is 32.1. The van der Waals surface area contributed by atoms with Gasteiger partial charge in [-0.2, -0.15) is 0 Å². The van der Waals surface area contributed by atoms with Crippen LogP contribution < -0.4 is 25.0 Å². The summed E-state index contributed by atoms with van der Waals surface area (Å²) >= 11 is 1.21. The van der Waals surface area contributed by atoms with E-state index in [0.29, 0.717) is 41.0 Å². The number of ether oxygens (including phenoxy) is 2. The van der Waals surface area contributed by atoms with Crippen LogP contribution in [0.1, 0.15) is 16.6 Å². The van der Waals surface area contributed by atoms with Crippen molar-refractivity contribution in [3.8, 4) is 11.5 Å². The SMILES string of the molecule is CC1NC(=O)N(c2ccccc2NC(=O)c2scc3c2OCCO3)C1=O. The summed E-state index contributed by atoms with van der Waals surface area (Å²) in [5.41, 5.74) is 0.671. The first-order valence-electron chi connectivity index (χ1n) is 7.98. The molecule has 4 rings (SSSR count). The van der Waals surface area contributed by atoms with Gasteiger partial charge in [0.2, 0.25) is 0 Å². The Hall–Kier alpha value is -3.07. The Morgan fingerprint density at radius 2 is 2.04 bits per heavy atom. The van der Waals surface area contributed by atoms with E-state index in [9.17, 15) is 14.4 Å². The van der Waals surface area contributed by atoms with Gasteiger partial charge in [0.05, 0.1) is 11.4 Å². The van der Waals surface area contributed by atoms with Gasteiger partial charge in [0.1, 0.15) is 24.1 Å². The van der Waals surface area contributed by atoms with Crippen molar-refractivity contribution in [3.63, 3.8) is 0 Å². The van der Waals surface area contributed by atoms with Gasteiger partial charge in [-0.25, -0.2) is 9.69 Å². The van der Waals surface area contributed by atoms with E-state index in [2.05, 4.69) is 10.6 Å². The monoisotopic (exact) mass is 373 g/mol. The Morgan fingerprint density at radius 1 is 1.27 bits per heavy atom. The van der Waals surface area contributed by atoms with Crippen LogP contribution in [0.3, 0.4) is 0 Å². The van der Waals surface area contributed by atoms with E-state index < -0.39 is 18.0 Å². The molecule has 2 aliphatic heterocycles. The quantitative estimate of drug-likeness (QED) is 0.804. The Labute approximate surface area is 152 Å². The molecule has 1 fully saturated rings. The van der Waals surface area contributed by atoms with E-state index in [1.807, 2.05) is 0 Å². The molecule has 8 nitrogen and oxygen atoms in total. The van der Waals surface area contributed by atoms with Gasteiger partial charge >= 0.3 is 6.03 Å². The molecule has 0 bridgehead atoms. The van der Waals surface area contributed by atoms with Crippen LogP contribution in [0.5, 0.6) is 11.5 Å². The van der Waals surface area contributed by atoms with Crippen LogP contribution >= 0.6 is 11.3 Å². The number of amides is 4. The Bertz CT molecular complexity index is 910. The number of imide groups is 1. The van der Waals surface area contributed by atoms with E-state index >= 15 is 0 Å². The molecule has 2 aliphatic rings. The molecule has 3 heterocycles. The molecule has 1 unspecified atom stereocenters. The van der Waals surface area contributed by atoms with Crippen molar-refractivity contribution in [1.82, 2.24) is 5.32 Å². The first-order chi connectivity index (χ1) is 12.6. The lowest BCUT2D eigenvalue weighted by Gasteiger charge is -2.18. The highest BCUT2D eigenvalue weighted by Crippen LogP contribution is 2.40. The van der Waals surface area contributed by atoms with Crippen molar-refractivity contribution < 1.29 is 23.9 Å². The van der Waals surface area contributed by atoms with Crippen molar-refractivity contribution in [2.45, 2.75) is 13.0 Å². The Balaban J connectivity index is 1.63. The van der Waals surface area contributed by atoms with Gasteiger partial charge in [-0.15, -0.1) is 11.3 Å². The molecule has 0 aliphatic carbocycles. The number of hydrogen-bond acceptors (Lipinski definition) is 6. The van der Waals surface area contributed by atoms with Crippen LogP contribution in [-0.2, 0) is 4.79 Å². The lowest BCUT2D eigenvalue weighted by Crippen LogP contribution is -2.32. The predicted octanol–water partition coefficient (Wildman–Crippen LogP) is 2.22. The lowest BCUT2D eigenvalue weighted by molar-refractivity contribution is -0.117. The molecular weight excluding hydrogens is 358 g/mol. The van der Waals surface area contributed by atoms with Crippen molar-refractivity contribution >= 4 is 40.6 Å². The number of hydrogen-bond donors (Lipinski definition) is 2. The van der Waals surface area contributed by atoms with Crippen LogP contribution in [0.4, 0.5) is 16.2 Å². The summed E-state index contributed by atoms with van der Waals surface area (Å²) in [6, 6.07) is 5.52. The molecule has 26 heavy (non-hydrogen) atoms. The minimum atomic E-state index is -0.610. The molecule has 2 N–H and O–H groups in total. The molecule has 1 aromatic carbocycles. The number of carbonyl (C=O) groups is 3. The van der Waals surface area contributed by atoms with Gasteiger partial charge in [0.15, 0.2) is 11.5 Å². The average molecular weight is 373 g/mol. The van der Waals surface area contributed by atoms with Gasteiger partial charge in [-0.3, -0.25) is 9.59 Å². The molecule has 1 aromatic heterocycles. The van der Waals surface area contributed by atoms with Gasteiger partial charge in [-0.1, -0.05) is 12.1 Å². The molecular formula is C17H15N3O5S. The molecule has 0 saturated carbocycles. The minimum absolute atomic E-state index is 0.315. The van der Waals surface area contributed by atoms with Gasteiger partial charge in [-0.05, 0) is 19.1 Å². The molecule has 9 heteroatoms. The first kappa shape index (κ1) is 16.4. The van der Waals surface area contributed by atoms with Crippen LogP contribution in [-0.4, -0.2) is 37.1 Å². The van der Waals surface area contributed by atoms with Crippen LogP contribution in [0.2, 0.25) is 0 Å². The first-order valence-corrected chi connectivity index (χ1v) is 8.86. The molecule has 1 atom stereocenters. The smallest absolute Gasteiger partial charge is 0.329 e. The summed E-state index contributed by atoms with van der Waals surface area (Å²) in [4.78, 5) is 38.5. The second-order valence-corrected chi connectivity index (χ2v) is 6.65. The van der Waals surface area contributed by atoms with E-state index in [1.165, 1.54) is 11.3 Å². The maximum atomic E-state index is 12.7. The van der Waals surface area contributed by atoms with E-state index in [1.54, 1.807) is 36.6 Å². The topological polar surface area (TPSA) is 97.0 Å². The summed E-state index contributed by atoms with van der Waals surface area (Å²) in [6.45, 7) is 2.43. The Morgan fingerprint density at radius 3 is 2.81 bits per heavy atom. The van der Waals surface area contributed by atoms with Crippen molar-refractivity contribution in [2.24, 2.45) is 0 Å². The number of thiophene rings is 1. The van der Waals surface area contributed by atoms with Gasteiger partial charge < -0.3 is 20.1 Å². The zero-order valence-electron chi connectivity index (χ0n) is 13.8. The molecule has 4 amide bonds. The fourth-order valence-electron chi connectivity index (χ4n) is 2.81. The van der Waals surface area contributed by atoms with E-state index in [0.717, 1.165) is 4.90 Å². The fraction of sp³-hybridized carbons (Fsp3) is 0.235. The summed E-state index contributed by atoms with van der Waals surface area (Å²) < 4.78 is 11.0. The number of rotatable bonds is 3. The highest BCUT2D eigenvalue weighted by molar-refractivity contribution is 7.13. The molecule has 0 radical (unpaired) electrons. The average Bonchev–Trinajstić information content (AvgIpc) is 3.17. The maximum absolute atomic E-state index is 12.7. The van der Waals surface area contributed by atoms with Gasteiger partial charge in [0, 0.05) is 5.38 Å². The number of anilines is 2. The molecule has 1 saturated heterocycles. The van der Waals surface area contributed by atoms with E-state index in [4.69, 9.17) is 9.47 Å². The van der Waals surface area contributed by atoms with Crippen LogP contribution in [0.25, 0.3) is 0 Å². The molecule has 134 valence electrons. The summed E-state index contributed by atoms with van der Waals surface area (Å²) in [5, 5.41) is 7.03. The molecule has 2 aromatic rings. The van der Waals surface area contributed by atoms with Crippen molar-refractivity contribution in [3.05, 3.63) is 34.5 Å². The number of nitrogens with zero attached hydrogens (tertiary/aromatic N) is 1. The minimum Gasteiger partial charge on any atom is -0.485 e. The zero-order chi connectivity index (χ0) is 18.3. The largest absolute Gasteiger partial charge is 0.485 e. The van der Waals surface area contributed by atoms with Crippen LogP contribution in [0.15, 0.2) is 29.6 Å². The number of nitrogens with one attached hydrogen (secondary N) is 2. The summed E-state index contributed by atoms with van der Waals surface area (Å²) in [7, 11) is 0. The summed E-state index contributed by atoms with van der Waals surface area (Å²) in [6.07, 6.45) is 0. The highest BCUT2D eigenvalue weighted by Gasteiger charge is 2.37. The second kappa shape index (κ2) is 6.34. The second-order valence-electron chi connectivity index (χ2n) is 5.77. The normalized spacial score (nSPS) is 18.7. The standard InChI is InChI=1S/C17H15N3O5S/c1-9-16(22)20(17(23)18-9)11-5-3-2-4-10(11)19-15(21)14-13-12(8-26-14)24-6-7-25-13/h2-5,8-9H,6-7H2,1H3,(H,18,23)(H,19,21). The Kier molecular flexibility index (Phi) is 4.00. The van der Waals surface area contributed by atoms with Crippen molar-refractivity contribution in [1.29, 1.82) is 0 Å². The number of benzene rings is 1. The number of urea groups is 1. The number of carbonyl (C=O) groups excluding carboxylic acids is 3. The van der Waals surface area contributed by atoms with Gasteiger partial charge in [0.25, 0.3) is 11.8 Å². The maximum Gasteiger partial charge on any atom is 0.329 e. The summed E-state index contributed by atoms with van der Waals surface area (Å²) in [5.74, 6) is 0.193. The third-order valence-electron chi connectivity index (χ3n) is 4.03. The lowest BCUT2D eigenvalue weighted by atomic mass is 10.2. The molecule has 0 spiro atoms. The number of fused-ring (bicyclic) bond motifs is 1.